The van der Waals surface area contributed by atoms with Crippen molar-refractivity contribution in [1.82, 2.24) is 25.2 Å². The molecule has 23 heavy (non-hydrogen) atoms. The number of nitrogens with one attached hydrogen (secondary N) is 2. The molecular formula is C14H18N6O2S. The number of amides is 1. The molecule has 3 rings (SSSR count). The largest absolute Gasteiger partial charge is 0.379 e. The van der Waals surface area contributed by atoms with E-state index in [1.54, 1.807) is 24.8 Å². The highest BCUT2D eigenvalue weighted by Crippen LogP contribution is 2.20. The van der Waals surface area contributed by atoms with Gasteiger partial charge in [-0.1, -0.05) is 11.3 Å². The molecule has 0 spiro atoms. The van der Waals surface area contributed by atoms with Gasteiger partial charge in [0.2, 0.25) is 0 Å². The fourth-order valence-electron chi connectivity index (χ4n) is 2.15. The summed E-state index contributed by atoms with van der Waals surface area (Å²) in [4.78, 5) is 27.2. The van der Waals surface area contributed by atoms with Crippen molar-refractivity contribution in [2.45, 2.75) is 0 Å². The van der Waals surface area contributed by atoms with Gasteiger partial charge in [0.25, 0.3) is 5.91 Å². The summed E-state index contributed by atoms with van der Waals surface area (Å²) in [5.74, 6) is 0.490. The first-order valence-corrected chi connectivity index (χ1v) is 8.20. The van der Waals surface area contributed by atoms with E-state index < -0.39 is 0 Å². The van der Waals surface area contributed by atoms with E-state index in [9.17, 15) is 4.79 Å². The van der Waals surface area contributed by atoms with E-state index in [2.05, 4.69) is 30.5 Å². The second-order valence-corrected chi connectivity index (χ2v) is 5.99. The number of thiazole rings is 1. The smallest absolute Gasteiger partial charge is 0.263 e. The summed E-state index contributed by atoms with van der Waals surface area (Å²) < 4.78 is 5.30. The minimum atomic E-state index is -0.108. The van der Waals surface area contributed by atoms with E-state index in [4.69, 9.17) is 4.74 Å². The molecule has 1 aliphatic heterocycles. The Morgan fingerprint density at radius 1 is 1.26 bits per heavy atom. The summed E-state index contributed by atoms with van der Waals surface area (Å²) in [5.41, 5.74) is 0. The van der Waals surface area contributed by atoms with Crippen molar-refractivity contribution in [2.75, 3.05) is 44.7 Å². The number of hydrogen-bond donors (Lipinski definition) is 2. The van der Waals surface area contributed by atoms with Gasteiger partial charge < -0.3 is 15.4 Å². The predicted octanol–water partition coefficient (Wildman–Crippen LogP) is 0.739. The van der Waals surface area contributed by atoms with Crippen LogP contribution in [0.15, 0.2) is 24.8 Å². The highest BCUT2D eigenvalue weighted by molar-refractivity contribution is 7.17. The van der Waals surface area contributed by atoms with Crippen LogP contribution in [0.25, 0.3) is 0 Å². The maximum Gasteiger partial charge on any atom is 0.263 e. The van der Waals surface area contributed by atoms with E-state index in [1.807, 2.05) is 0 Å². The Morgan fingerprint density at radius 3 is 2.91 bits per heavy atom. The average molecular weight is 334 g/mol. The lowest BCUT2D eigenvalue weighted by Gasteiger charge is -2.26. The minimum absolute atomic E-state index is 0.108. The van der Waals surface area contributed by atoms with E-state index in [0.29, 0.717) is 22.4 Å². The third-order valence-corrected chi connectivity index (χ3v) is 4.26. The molecule has 0 radical (unpaired) electrons. The van der Waals surface area contributed by atoms with Crippen molar-refractivity contribution in [3.05, 3.63) is 29.7 Å². The predicted molar refractivity (Wildman–Crippen MR) is 87.0 cm³/mol. The van der Waals surface area contributed by atoms with Gasteiger partial charge in [-0.3, -0.25) is 14.7 Å². The number of anilines is 2. The molecule has 2 aromatic rings. The van der Waals surface area contributed by atoms with E-state index in [0.717, 1.165) is 32.8 Å². The van der Waals surface area contributed by atoms with Gasteiger partial charge in [0.15, 0.2) is 10.9 Å². The van der Waals surface area contributed by atoms with Gasteiger partial charge in [0.1, 0.15) is 4.88 Å². The highest BCUT2D eigenvalue weighted by Gasteiger charge is 2.13. The SMILES string of the molecule is O=C(NCCN1CCOCC1)c1cnc(Nc2cnccn2)s1. The van der Waals surface area contributed by atoms with E-state index >= 15 is 0 Å². The maximum absolute atomic E-state index is 12.1. The molecule has 122 valence electrons. The fourth-order valence-corrected chi connectivity index (χ4v) is 2.89. The van der Waals surface area contributed by atoms with Gasteiger partial charge in [0.05, 0.1) is 25.6 Å². The lowest BCUT2D eigenvalue weighted by Crippen LogP contribution is -2.41. The molecule has 0 aromatic carbocycles. The van der Waals surface area contributed by atoms with Crippen molar-refractivity contribution in [3.63, 3.8) is 0 Å². The summed E-state index contributed by atoms with van der Waals surface area (Å²) in [7, 11) is 0. The molecule has 1 amide bonds. The Hall–Kier alpha value is -2.10. The van der Waals surface area contributed by atoms with Crippen LogP contribution >= 0.6 is 11.3 Å². The maximum atomic E-state index is 12.1. The summed E-state index contributed by atoms with van der Waals surface area (Å²) in [6.45, 7) is 4.81. The van der Waals surface area contributed by atoms with Gasteiger partial charge >= 0.3 is 0 Å². The van der Waals surface area contributed by atoms with Gasteiger partial charge in [-0.25, -0.2) is 9.97 Å². The molecule has 0 saturated carbocycles. The lowest BCUT2D eigenvalue weighted by atomic mass is 10.4. The lowest BCUT2D eigenvalue weighted by molar-refractivity contribution is 0.0383. The summed E-state index contributed by atoms with van der Waals surface area (Å²) in [6.07, 6.45) is 6.35. The molecule has 3 heterocycles. The molecule has 1 fully saturated rings. The standard InChI is InChI=1S/C14H18N6O2S/c21-13(17-3-4-20-5-7-22-8-6-20)11-9-18-14(23-11)19-12-10-15-1-2-16-12/h1-2,9-10H,3-8H2,(H,17,21)(H,16,18,19). The molecule has 0 bridgehead atoms. The van der Waals surface area contributed by atoms with Gasteiger partial charge in [0, 0.05) is 38.6 Å². The third kappa shape index (κ3) is 4.68. The zero-order valence-electron chi connectivity index (χ0n) is 12.6. The number of ether oxygens (including phenoxy) is 1. The van der Waals surface area contributed by atoms with Crippen LogP contribution in [0.3, 0.4) is 0 Å². The first-order valence-electron chi connectivity index (χ1n) is 7.38. The van der Waals surface area contributed by atoms with Crippen LogP contribution in [0.4, 0.5) is 10.9 Å². The normalized spacial score (nSPS) is 15.3. The molecule has 0 unspecified atom stereocenters. The number of rotatable bonds is 6. The Labute approximate surface area is 137 Å². The number of nitrogens with zero attached hydrogens (tertiary/aromatic N) is 4. The number of morpholine rings is 1. The molecule has 2 N–H and O–H groups in total. The van der Waals surface area contributed by atoms with Gasteiger partial charge in [-0.2, -0.15) is 0 Å². The average Bonchev–Trinajstić information content (AvgIpc) is 3.05. The first kappa shape index (κ1) is 15.8. The monoisotopic (exact) mass is 334 g/mol. The van der Waals surface area contributed by atoms with Crippen LogP contribution in [0.5, 0.6) is 0 Å². The van der Waals surface area contributed by atoms with Crippen molar-refractivity contribution in [3.8, 4) is 0 Å². The second-order valence-electron chi connectivity index (χ2n) is 4.96. The van der Waals surface area contributed by atoms with Crippen LogP contribution < -0.4 is 10.6 Å². The van der Waals surface area contributed by atoms with Crippen molar-refractivity contribution in [1.29, 1.82) is 0 Å². The molecule has 9 heteroatoms. The quantitative estimate of drug-likeness (QED) is 0.805. The highest BCUT2D eigenvalue weighted by atomic mass is 32.1. The minimum Gasteiger partial charge on any atom is -0.379 e. The summed E-state index contributed by atoms with van der Waals surface area (Å²) >= 11 is 1.29. The first-order chi connectivity index (χ1) is 11.3. The number of carbonyl (C=O) groups excluding carboxylic acids is 1. The van der Waals surface area contributed by atoms with Crippen LogP contribution in [0.1, 0.15) is 9.67 Å². The summed E-state index contributed by atoms with van der Waals surface area (Å²) in [6, 6.07) is 0. The Balaban J connectivity index is 1.46. The Morgan fingerprint density at radius 2 is 2.13 bits per heavy atom. The molecule has 0 aliphatic carbocycles. The molecule has 0 atom stereocenters. The number of carbonyl (C=O) groups is 1. The van der Waals surface area contributed by atoms with E-state index in [-0.39, 0.29) is 5.91 Å². The van der Waals surface area contributed by atoms with Crippen molar-refractivity contribution in [2.24, 2.45) is 0 Å². The molecular weight excluding hydrogens is 316 g/mol. The van der Waals surface area contributed by atoms with Gasteiger partial charge in [-0.15, -0.1) is 0 Å². The van der Waals surface area contributed by atoms with Crippen molar-refractivity contribution < 1.29 is 9.53 Å². The second kappa shape index (κ2) is 7.95. The molecule has 8 nitrogen and oxygen atoms in total. The van der Waals surface area contributed by atoms with Crippen LogP contribution in [0, 0.1) is 0 Å². The molecule has 2 aromatic heterocycles. The van der Waals surface area contributed by atoms with E-state index in [1.165, 1.54) is 11.3 Å². The zero-order valence-corrected chi connectivity index (χ0v) is 13.4. The topological polar surface area (TPSA) is 92.3 Å². The summed E-state index contributed by atoms with van der Waals surface area (Å²) in [5, 5.41) is 6.55. The van der Waals surface area contributed by atoms with Gasteiger partial charge in [-0.05, 0) is 0 Å². The third-order valence-electron chi connectivity index (χ3n) is 3.34. The number of hydrogen-bond acceptors (Lipinski definition) is 8. The van der Waals surface area contributed by atoms with Crippen LogP contribution in [-0.4, -0.2) is 65.2 Å². The Bertz CT molecular complexity index is 629. The van der Waals surface area contributed by atoms with Crippen LogP contribution in [0.2, 0.25) is 0 Å². The molecule has 1 saturated heterocycles. The Kier molecular flexibility index (Phi) is 5.46. The zero-order chi connectivity index (χ0) is 15.9. The number of aromatic nitrogens is 3. The molecule has 1 aliphatic rings. The fraction of sp³-hybridized carbons (Fsp3) is 0.429. The van der Waals surface area contributed by atoms with Crippen molar-refractivity contribution >= 4 is 28.2 Å². The van der Waals surface area contributed by atoms with Crippen LogP contribution in [-0.2, 0) is 4.74 Å².